The number of sulfonamides is 1. The SMILES string of the molecule is Cc1cc(S(=O)(=O)Nc2ccc(Oc3ccc(-n4nc(C)c(C)c4C)nn3)cc2)c(Cl)cc1Cl. The van der Waals surface area contributed by atoms with E-state index in [-0.39, 0.29) is 9.92 Å². The smallest absolute Gasteiger partial charge is 0.263 e. The van der Waals surface area contributed by atoms with Crippen LogP contribution in [0.3, 0.4) is 0 Å². The monoisotopic (exact) mass is 517 g/mol. The summed E-state index contributed by atoms with van der Waals surface area (Å²) in [4.78, 5) is -0.0513. The molecule has 0 radical (unpaired) electrons. The Kier molecular flexibility index (Phi) is 6.53. The van der Waals surface area contributed by atoms with Crippen molar-refractivity contribution in [3.05, 3.63) is 81.1 Å². The van der Waals surface area contributed by atoms with Gasteiger partial charge in [0.15, 0.2) is 5.82 Å². The van der Waals surface area contributed by atoms with Gasteiger partial charge in [0, 0.05) is 22.5 Å². The Morgan fingerprint density at radius 1 is 0.912 bits per heavy atom. The molecule has 0 spiro atoms. The second-order valence-corrected chi connectivity index (χ2v) is 10.2. The number of ether oxygens (including phenoxy) is 1. The molecule has 11 heteroatoms. The standard InChI is InChI=1S/C23H21Cl2N5O3S/c1-13-11-21(20(25)12-19(13)24)34(31,32)29-17-5-7-18(8-6-17)33-23-10-9-22(26-27-23)30-16(4)14(2)15(3)28-30/h5-12,29H,1-4H3. The predicted molar refractivity (Wildman–Crippen MR) is 132 cm³/mol. The molecule has 0 atom stereocenters. The number of aryl methyl sites for hydroxylation is 2. The maximum atomic E-state index is 12.8. The van der Waals surface area contributed by atoms with Gasteiger partial charge in [-0.05, 0) is 81.3 Å². The van der Waals surface area contributed by atoms with Crippen LogP contribution in [-0.2, 0) is 10.0 Å². The Labute approximate surface area is 207 Å². The molecule has 0 saturated heterocycles. The zero-order valence-corrected chi connectivity index (χ0v) is 21.1. The number of rotatable bonds is 6. The summed E-state index contributed by atoms with van der Waals surface area (Å²) in [6, 6.07) is 12.7. The Hall–Kier alpha value is -3.14. The zero-order chi connectivity index (χ0) is 24.6. The maximum absolute atomic E-state index is 12.8. The lowest BCUT2D eigenvalue weighted by atomic mass is 10.2. The minimum absolute atomic E-state index is 0.0423. The van der Waals surface area contributed by atoms with Gasteiger partial charge < -0.3 is 4.74 Å². The second-order valence-electron chi connectivity index (χ2n) is 7.70. The molecule has 0 bridgehead atoms. The highest BCUT2D eigenvalue weighted by Gasteiger charge is 2.20. The molecule has 4 rings (SSSR count). The van der Waals surface area contributed by atoms with Crippen LogP contribution in [0.15, 0.2) is 53.4 Å². The molecule has 8 nitrogen and oxygen atoms in total. The quantitative estimate of drug-likeness (QED) is 0.347. The van der Waals surface area contributed by atoms with Crippen LogP contribution in [0.2, 0.25) is 10.0 Å². The molecule has 0 saturated carbocycles. The van der Waals surface area contributed by atoms with Crippen molar-refractivity contribution in [2.24, 2.45) is 0 Å². The van der Waals surface area contributed by atoms with Crippen LogP contribution in [0.4, 0.5) is 5.69 Å². The summed E-state index contributed by atoms with van der Waals surface area (Å²) in [6.45, 7) is 7.63. The first-order chi connectivity index (χ1) is 16.0. The van der Waals surface area contributed by atoms with Crippen molar-refractivity contribution in [3.63, 3.8) is 0 Å². The Bertz CT molecular complexity index is 1470. The summed E-state index contributed by atoms with van der Waals surface area (Å²) in [5.41, 5.74) is 3.98. The van der Waals surface area contributed by atoms with E-state index in [0.29, 0.717) is 33.7 Å². The third-order valence-electron chi connectivity index (χ3n) is 5.33. The van der Waals surface area contributed by atoms with Crippen LogP contribution in [0.5, 0.6) is 11.6 Å². The number of hydrogen-bond donors (Lipinski definition) is 1. The molecule has 0 fully saturated rings. The van der Waals surface area contributed by atoms with E-state index in [2.05, 4.69) is 20.0 Å². The molecule has 0 aliphatic rings. The summed E-state index contributed by atoms with van der Waals surface area (Å²) in [7, 11) is -3.90. The molecular weight excluding hydrogens is 497 g/mol. The molecule has 176 valence electrons. The number of benzene rings is 2. The van der Waals surface area contributed by atoms with Gasteiger partial charge in [-0.15, -0.1) is 10.2 Å². The summed E-state index contributed by atoms with van der Waals surface area (Å²) in [6.07, 6.45) is 0. The molecule has 2 heterocycles. The molecule has 1 N–H and O–H groups in total. The van der Waals surface area contributed by atoms with Crippen LogP contribution in [0.1, 0.15) is 22.5 Å². The second kappa shape index (κ2) is 9.25. The number of nitrogens with one attached hydrogen (secondary N) is 1. The molecule has 4 aromatic rings. The number of hydrogen-bond acceptors (Lipinski definition) is 6. The maximum Gasteiger partial charge on any atom is 0.263 e. The van der Waals surface area contributed by atoms with Crippen LogP contribution < -0.4 is 9.46 Å². The van der Waals surface area contributed by atoms with E-state index in [4.69, 9.17) is 27.9 Å². The van der Waals surface area contributed by atoms with Gasteiger partial charge >= 0.3 is 0 Å². The summed E-state index contributed by atoms with van der Waals surface area (Å²) >= 11 is 12.1. The number of aromatic nitrogens is 4. The van der Waals surface area contributed by atoms with Gasteiger partial charge in [-0.1, -0.05) is 23.2 Å². The lowest BCUT2D eigenvalue weighted by molar-refractivity contribution is 0.454. The third-order valence-corrected chi connectivity index (χ3v) is 7.58. The van der Waals surface area contributed by atoms with Crippen molar-refractivity contribution in [1.29, 1.82) is 0 Å². The van der Waals surface area contributed by atoms with Gasteiger partial charge in [0.25, 0.3) is 10.0 Å². The molecule has 0 aliphatic heterocycles. The molecule has 0 unspecified atom stereocenters. The van der Waals surface area contributed by atoms with Crippen molar-refractivity contribution in [1.82, 2.24) is 20.0 Å². The minimum atomic E-state index is -3.90. The van der Waals surface area contributed by atoms with E-state index in [9.17, 15) is 8.42 Å². The third kappa shape index (κ3) is 4.86. The fourth-order valence-electron chi connectivity index (χ4n) is 3.18. The minimum Gasteiger partial charge on any atom is -0.438 e. The molecule has 2 aromatic heterocycles. The van der Waals surface area contributed by atoms with E-state index in [1.54, 1.807) is 48.0 Å². The molecule has 0 aliphatic carbocycles. The first-order valence-corrected chi connectivity index (χ1v) is 12.4. The van der Waals surface area contributed by atoms with E-state index in [0.717, 1.165) is 17.0 Å². The summed E-state index contributed by atoms with van der Waals surface area (Å²) < 4.78 is 35.5. The Balaban J connectivity index is 1.47. The largest absolute Gasteiger partial charge is 0.438 e. The Morgan fingerprint density at radius 3 is 2.21 bits per heavy atom. The van der Waals surface area contributed by atoms with E-state index < -0.39 is 10.0 Å². The first kappa shape index (κ1) is 24.0. The van der Waals surface area contributed by atoms with E-state index in [1.807, 2.05) is 20.8 Å². The number of nitrogens with zero attached hydrogens (tertiary/aromatic N) is 4. The van der Waals surface area contributed by atoms with Crippen molar-refractivity contribution < 1.29 is 13.2 Å². The van der Waals surface area contributed by atoms with Gasteiger partial charge in [0.05, 0.1) is 10.7 Å². The topological polar surface area (TPSA) is 99.0 Å². The van der Waals surface area contributed by atoms with Gasteiger partial charge in [-0.2, -0.15) is 5.10 Å². The highest BCUT2D eigenvalue weighted by molar-refractivity contribution is 7.92. The number of anilines is 1. The fraction of sp³-hybridized carbons (Fsp3) is 0.174. The van der Waals surface area contributed by atoms with Crippen molar-refractivity contribution in [3.8, 4) is 17.4 Å². The highest BCUT2D eigenvalue weighted by atomic mass is 35.5. The predicted octanol–water partition coefficient (Wildman–Crippen LogP) is 5.80. The highest BCUT2D eigenvalue weighted by Crippen LogP contribution is 2.30. The molecular formula is C23H21Cl2N5O3S. The first-order valence-electron chi connectivity index (χ1n) is 10.2. The molecule has 2 aromatic carbocycles. The van der Waals surface area contributed by atoms with Gasteiger partial charge in [-0.25, -0.2) is 13.1 Å². The molecule has 0 amide bonds. The Morgan fingerprint density at radius 2 is 1.62 bits per heavy atom. The average molecular weight is 518 g/mol. The fourth-order valence-corrected chi connectivity index (χ4v) is 5.07. The lowest BCUT2D eigenvalue weighted by Gasteiger charge is -2.12. The summed E-state index contributed by atoms with van der Waals surface area (Å²) in [5.74, 6) is 1.34. The lowest BCUT2D eigenvalue weighted by Crippen LogP contribution is -2.13. The van der Waals surface area contributed by atoms with Crippen LogP contribution >= 0.6 is 23.2 Å². The van der Waals surface area contributed by atoms with Crippen LogP contribution in [0.25, 0.3) is 5.82 Å². The van der Waals surface area contributed by atoms with Crippen LogP contribution in [0, 0.1) is 27.7 Å². The van der Waals surface area contributed by atoms with Crippen molar-refractivity contribution in [2.75, 3.05) is 4.72 Å². The summed E-state index contributed by atoms with van der Waals surface area (Å²) in [5, 5.41) is 13.2. The van der Waals surface area contributed by atoms with Gasteiger partial charge in [0.2, 0.25) is 5.88 Å². The number of halogens is 2. The van der Waals surface area contributed by atoms with Gasteiger partial charge in [-0.3, -0.25) is 4.72 Å². The molecule has 34 heavy (non-hydrogen) atoms. The van der Waals surface area contributed by atoms with E-state index in [1.165, 1.54) is 12.1 Å². The van der Waals surface area contributed by atoms with E-state index >= 15 is 0 Å². The van der Waals surface area contributed by atoms with Crippen LogP contribution in [-0.4, -0.2) is 28.4 Å². The van der Waals surface area contributed by atoms with Gasteiger partial charge in [0.1, 0.15) is 10.6 Å². The average Bonchev–Trinajstić information content (AvgIpc) is 3.05. The normalized spacial score (nSPS) is 11.5. The zero-order valence-electron chi connectivity index (χ0n) is 18.8. The van der Waals surface area contributed by atoms with Crippen molar-refractivity contribution >= 4 is 38.9 Å². The van der Waals surface area contributed by atoms with Crippen molar-refractivity contribution in [2.45, 2.75) is 32.6 Å².